The van der Waals surface area contributed by atoms with Crippen LogP contribution in [0.3, 0.4) is 0 Å². The van der Waals surface area contributed by atoms with Gasteiger partial charge >= 0.3 is 5.97 Å². The van der Waals surface area contributed by atoms with E-state index in [4.69, 9.17) is 5.11 Å². The Hall–Kier alpha value is -1.85. The van der Waals surface area contributed by atoms with Gasteiger partial charge in [0.25, 0.3) is 0 Å². The van der Waals surface area contributed by atoms with Crippen molar-refractivity contribution in [1.29, 1.82) is 0 Å². The molecule has 6 nitrogen and oxygen atoms in total. The quantitative estimate of drug-likeness (QED) is 0.515. The Balaban J connectivity index is 4.10. The number of hydrogen-bond donors (Lipinski definition) is 2. The normalized spacial score (nSPS) is 10.8. The number of nitrogens with one attached hydrogen (secondary N) is 1. The van der Waals surface area contributed by atoms with Crippen LogP contribution in [0.4, 0.5) is 0 Å². The Morgan fingerprint density at radius 2 is 1.90 bits per heavy atom. The highest BCUT2D eigenvalue weighted by Crippen LogP contribution is 2.12. The van der Waals surface area contributed by atoms with Gasteiger partial charge in [-0.05, 0) is 6.42 Å². The van der Waals surface area contributed by atoms with Gasteiger partial charge in [-0.3, -0.25) is 14.4 Å². The van der Waals surface area contributed by atoms with Gasteiger partial charge in [0.15, 0.2) is 0 Å². The molecule has 0 saturated heterocycles. The molecule has 2 N–H and O–H groups in total. The van der Waals surface area contributed by atoms with E-state index in [1.807, 2.05) is 20.8 Å². The van der Waals surface area contributed by atoms with E-state index in [9.17, 15) is 14.4 Å². The molecule has 0 saturated carbocycles. The fraction of sp³-hybridized carbons (Fsp3) is 0.643. The molecule has 0 aromatic rings. The third kappa shape index (κ3) is 7.56. The van der Waals surface area contributed by atoms with E-state index >= 15 is 0 Å². The molecule has 0 radical (unpaired) electrons. The van der Waals surface area contributed by atoms with E-state index in [0.29, 0.717) is 13.0 Å². The van der Waals surface area contributed by atoms with Crippen LogP contribution in [0.25, 0.3) is 0 Å². The molecular weight excluding hydrogens is 260 g/mol. The van der Waals surface area contributed by atoms with Crippen LogP contribution in [0.2, 0.25) is 0 Å². The summed E-state index contributed by atoms with van der Waals surface area (Å²) in [5.74, 6) is -1.38. The van der Waals surface area contributed by atoms with Gasteiger partial charge in [-0.2, -0.15) is 0 Å². The number of carbonyl (C=O) groups is 3. The first-order chi connectivity index (χ1) is 9.18. The molecule has 0 rings (SSSR count). The number of aliphatic carboxylic acids is 1. The summed E-state index contributed by atoms with van der Waals surface area (Å²) in [7, 11) is 0. The summed E-state index contributed by atoms with van der Waals surface area (Å²) in [6, 6.07) is 0. The lowest BCUT2D eigenvalue weighted by atomic mass is 9.96. The molecule has 0 fully saturated rings. The average Bonchev–Trinajstić information content (AvgIpc) is 2.31. The van der Waals surface area contributed by atoms with Crippen LogP contribution < -0.4 is 5.32 Å². The molecule has 0 atom stereocenters. The van der Waals surface area contributed by atoms with Crippen molar-refractivity contribution in [3.05, 3.63) is 12.7 Å². The van der Waals surface area contributed by atoms with Crippen molar-refractivity contribution in [3.63, 3.8) is 0 Å². The van der Waals surface area contributed by atoms with Gasteiger partial charge in [0, 0.05) is 24.9 Å². The molecule has 0 unspecified atom stereocenters. The number of amides is 2. The molecule has 0 aromatic heterocycles. The topological polar surface area (TPSA) is 86.7 Å². The van der Waals surface area contributed by atoms with Crippen molar-refractivity contribution in [2.24, 2.45) is 5.41 Å². The second-order valence-corrected chi connectivity index (χ2v) is 5.57. The molecule has 0 aliphatic carbocycles. The van der Waals surface area contributed by atoms with Crippen molar-refractivity contribution >= 4 is 17.8 Å². The lowest BCUT2D eigenvalue weighted by Gasteiger charge is -2.20. The molecule has 114 valence electrons. The Morgan fingerprint density at radius 1 is 1.30 bits per heavy atom. The molecular formula is C14H24N2O4. The van der Waals surface area contributed by atoms with Gasteiger partial charge < -0.3 is 15.3 Å². The van der Waals surface area contributed by atoms with E-state index in [1.165, 1.54) is 11.0 Å². The molecule has 6 heteroatoms. The van der Waals surface area contributed by atoms with Crippen LogP contribution in [-0.2, 0) is 14.4 Å². The van der Waals surface area contributed by atoms with Crippen LogP contribution in [0.5, 0.6) is 0 Å². The molecule has 20 heavy (non-hydrogen) atoms. The monoisotopic (exact) mass is 284 g/mol. The molecule has 2 amide bonds. The van der Waals surface area contributed by atoms with E-state index < -0.39 is 11.4 Å². The predicted octanol–water partition coefficient (Wildman–Crippen LogP) is 1.03. The van der Waals surface area contributed by atoms with E-state index in [1.54, 1.807) is 0 Å². The van der Waals surface area contributed by atoms with Gasteiger partial charge in [-0.15, -0.1) is 6.58 Å². The van der Waals surface area contributed by atoms with Gasteiger partial charge in [-0.25, -0.2) is 0 Å². The lowest BCUT2D eigenvalue weighted by Crippen LogP contribution is -2.37. The predicted molar refractivity (Wildman–Crippen MR) is 76.1 cm³/mol. The van der Waals surface area contributed by atoms with Gasteiger partial charge in [0.1, 0.15) is 6.54 Å². The SMILES string of the molecule is C=CCN(CC(=O)O)C(=O)CCCNC(=O)C(C)(C)C. The third-order valence-electron chi connectivity index (χ3n) is 2.56. The first kappa shape index (κ1) is 18.1. The first-order valence-corrected chi connectivity index (χ1v) is 6.57. The van der Waals surface area contributed by atoms with Crippen molar-refractivity contribution in [2.75, 3.05) is 19.6 Å². The summed E-state index contributed by atoms with van der Waals surface area (Å²) in [4.78, 5) is 35.3. The number of nitrogens with zero attached hydrogens (tertiary/aromatic N) is 1. The average molecular weight is 284 g/mol. The Bertz CT molecular complexity index is 372. The maximum atomic E-state index is 11.8. The van der Waals surface area contributed by atoms with Crippen LogP contribution in [-0.4, -0.2) is 47.4 Å². The summed E-state index contributed by atoms with van der Waals surface area (Å²) in [6.07, 6.45) is 2.17. The highest BCUT2D eigenvalue weighted by atomic mass is 16.4. The maximum Gasteiger partial charge on any atom is 0.323 e. The summed E-state index contributed by atoms with van der Waals surface area (Å²) in [5, 5.41) is 11.5. The highest BCUT2D eigenvalue weighted by molar-refractivity contribution is 5.82. The van der Waals surface area contributed by atoms with E-state index in [0.717, 1.165) is 0 Å². The van der Waals surface area contributed by atoms with Crippen LogP contribution >= 0.6 is 0 Å². The number of carbonyl (C=O) groups excluding carboxylic acids is 2. The molecule has 0 aliphatic rings. The summed E-state index contributed by atoms with van der Waals surface area (Å²) in [5.41, 5.74) is -0.456. The van der Waals surface area contributed by atoms with Crippen molar-refractivity contribution in [1.82, 2.24) is 10.2 Å². The zero-order valence-electron chi connectivity index (χ0n) is 12.4. The number of carboxylic acids is 1. The molecule has 0 aliphatic heterocycles. The standard InChI is InChI=1S/C14H24N2O4/c1-5-9-16(10-12(18)19)11(17)7-6-8-15-13(20)14(2,3)4/h5H,1,6-10H2,2-4H3,(H,15,20)(H,18,19). The molecule has 0 heterocycles. The summed E-state index contributed by atoms with van der Waals surface area (Å²) >= 11 is 0. The fourth-order valence-corrected chi connectivity index (χ4v) is 1.44. The zero-order valence-corrected chi connectivity index (χ0v) is 12.4. The number of hydrogen-bond acceptors (Lipinski definition) is 3. The third-order valence-corrected chi connectivity index (χ3v) is 2.56. The number of rotatable bonds is 8. The van der Waals surface area contributed by atoms with Crippen LogP contribution in [0.15, 0.2) is 12.7 Å². The minimum atomic E-state index is -1.05. The van der Waals surface area contributed by atoms with Crippen molar-refractivity contribution < 1.29 is 19.5 Å². The minimum absolute atomic E-state index is 0.0709. The van der Waals surface area contributed by atoms with Crippen molar-refractivity contribution in [3.8, 4) is 0 Å². The van der Waals surface area contributed by atoms with Crippen molar-refractivity contribution in [2.45, 2.75) is 33.6 Å². The van der Waals surface area contributed by atoms with Crippen LogP contribution in [0, 0.1) is 5.41 Å². The first-order valence-electron chi connectivity index (χ1n) is 6.57. The maximum absolute atomic E-state index is 11.8. The van der Waals surface area contributed by atoms with E-state index in [2.05, 4.69) is 11.9 Å². The number of carboxylic acid groups (broad SMARTS) is 1. The summed E-state index contributed by atoms with van der Waals surface area (Å²) in [6.45, 7) is 9.20. The zero-order chi connectivity index (χ0) is 15.8. The Morgan fingerprint density at radius 3 is 2.35 bits per heavy atom. The van der Waals surface area contributed by atoms with Crippen LogP contribution in [0.1, 0.15) is 33.6 Å². The van der Waals surface area contributed by atoms with Gasteiger partial charge in [0.05, 0.1) is 0 Å². The lowest BCUT2D eigenvalue weighted by molar-refractivity contribution is -0.144. The molecule has 0 bridgehead atoms. The second kappa shape index (κ2) is 8.35. The van der Waals surface area contributed by atoms with Gasteiger partial charge in [0.2, 0.25) is 11.8 Å². The fourth-order valence-electron chi connectivity index (χ4n) is 1.44. The highest BCUT2D eigenvalue weighted by Gasteiger charge is 2.20. The smallest absolute Gasteiger partial charge is 0.323 e. The van der Waals surface area contributed by atoms with E-state index in [-0.39, 0.29) is 31.3 Å². The minimum Gasteiger partial charge on any atom is -0.480 e. The Labute approximate surface area is 119 Å². The largest absolute Gasteiger partial charge is 0.480 e. The second-order valence-electron chi connectivity index (χ2n) is 5.57. The summed E-state index contributed by atoms with van der Waals surface area (Å²) < 4.78 is 0. The molecule has 0 spiro atoms. The Kier molecular flexibility index (Phi) is 7.57. The molecule has 0 aromatic carbocycles. The van der Waals surface area contributed by atoms with Gasteiger partial charge in [-0.1, -0.05) is 26.8 Å².